The number of benzene rings is 1. The van der Waals surface area contributed by atoms with Crippen LogP contribution in [0.1, 0.15) is 19.8 Å². The lowest BCUT2D eigenvalue weighted by molar-refractivity contribution is -0.119. The topological polar surface area (TPSA) is 60.0 Å². The van der Waals surface area contributed by atoms with E-state index < -0.39 is 0 Å². The molecule has 26 heavy (non-hydrogen) atoms. The zero-order chi connectivity index (χ0) is 17.6. The van der Waals surface area contributed by atoms with E-state index in [4.69, 9.17) is 11.6 Å². The summed E-state index contributed by atoms with van der Waals surface area (Å²) in [6.07, 6.45) is 2.20. The first-order valence-electron chi connectivity index (χ1n) is 8.99. The maximum atomic E-state index is 11.9. The van der Waals surface area contributed by atoms with Gasteiger partial charge in [0.1, 0.15) is 6.54 Å². The Morgan fingerprint density at radius 1 is 1.27 bits per heavy atom. The molecule has 0 unspecified atom stereocenters. The number of hydrogen-bond acceptors (Lipinski definition) is 3. The number of aliphatic imine (C=N–C) groups is 1. The molecule has 1 aliphatic heterocycles. The van der Waals surface area contributed by atoms with Gasteiger partial charge in [0.05, 0.1) is 0 Å². The van der Waals surface area contributed by atoms with Gasteiger partial charge in [0.15, 0.2) is 5.96 Å². The first-order chi connectivity index (χ1) is 12.2. The van der Waals surface area contributed by atoms with E-state index in [0.29, 0.717) is 6.04 Å². The van der Waals surface area contributed by atoms with Gasteiger partial charge < -0.3 is 20.4 Å². The van der Waals surface area contributed by atoms with Crippen LogP contribution in [0.3, 0.4) is 0 Å². The van der Waals surface area contributed by atoms with Crippen molar-refractivity contribution in [2.75, 3.05) is 44.2 Å². The van der Waals surface area contributed by atoms with Crippen molar-refractivity contribution in [3.05, 3.63) is 29.3 Å². The third-order valence-corrected chi connectivity index (χ3v) is 4.64. The lowest BCUT2D eigenvalue weighted by Gasteiger charge is -2.37. The van der Waals surface area contributed by atoms with E-state index in [1.807, 2.05) is 25.1 Å². The Kier molecular flexibility index (Phi) is 8.27. The number of anilines is 1. The van der Waals surface area contributed by atoms with Crippen LogP contribution in [0.5, 0.6) is 0 Å². The molecule has 1 heterocycles. The molecule has 0 atom stereocenters. The van der Waals surface area contributed by atoms with Crippen molar-refractivity contribution in [3.63, 3.8) is 0 Å². The maximum Gasteiger partial charge on any atom is 0.242 e. The van der Waals surface area contributed by atoms with Gasteiger partial charge in [0.25, 0.3) is 0 Å². The number of amides is 1. The molecule has 1 saturated heterocycles. The van der Waals surface area contributed by atoms with E-state index >= 15 is 0 Å². The predicted octanol–water partition coefficient (Wildman–Crippen LogP) is 2.32. The minimum atomic E-state index is 0. The molecule has 0 spiro atoms. The van der Waals surface area contributed by atoms with Gasteiger partial charge in [0, 0.05) is 49.5 Å². The van der Waals surface area contributed by atoms with Crippen LogP contribution in [-0.4, -0.2) is 62.1 Å². The van der Waals surface area contributed by atoms with Crippen LogP contribution >= 0.6 is 35.6 Å². The zero-order valence-electron chi connectivity index (χ0n) is 15.1. The second kappa shape index (κ2) is 10.2. The highest BCUT2D eigenvalue weighted by Gasteiger charge is 2.23. The molecule has 3 rings (SSSR count). The van der Waals surface area contributed by atoms with E-state index in [0.717, 1.165) is 62.2 Å². The van der Waals surface area contributed by atoms with Crippen molar-refractivity contribution in [3.8, 4) is 0 Å². The second-order valence-corrected chi connectivity index (χ2v) is 6.90. The van der Waals surface area contributed by atoms with Crippen LogP contribution in [0.2, 0.25) is 5.02 Å². The smallest absolute Gasteiger partial charge is 0.242 e. The van der Waals surface area contributed by atoms with Crippen molar-refractivity contribution < 1.29 is 4.79 Å². The van der Waals surface area contributed by atoms with Gasteiger partial charge in [-0.2, -0.15) is 0 Å². The Bertz CT molecular complexity index is 630. The number of hydrogen-bond donors (Lipinski definition) is 2. The average molecular weight is 492 g/mol. The van der Waals surface area contributed by atoms with Gasteiger partial charge in [-0.1, -0.05) is 17.7 Å². The average Bonchev–Trinajstić information content (AvgIpc) is 3.43. The van der Waals surface area contributed by atoms with Crippen LogP contribution in [-0.2, 0) is 4.79 Å². The summed E-state index contributed by atoms with van der Waals surface area (Å²) in [5.41, 5.74) is 1.15. The van der Waals surface area contributed by atoms with Crippen molar-refractivity contribution in [1.29, 1.82) is 0 Å². The summed E-state index contributed by atoms with van der Waals surface area (Å²) in [5.74, 6) is 0.828. The van der Waals surface area contributed by atoms with Crippen LogP contribution in [0, 0.1) is 0 Å². The van der Waals surface area contributed by atoms with Crippen LogP contribution < -0.4 is 15.5 Å². The van der Waals surface area contributed by atoms with Crippen LogP contribution in [0.25, 0.3) is 0 Å². The molecule has 1 aromatic carbocycles. The largest absolute Gasteiger partial charge is 0.368 e. The molecule has 1 amide bonds. The molecule has 8 heteroatoms. The fourth-order valence-corrected chi connectivity index (χ4v) is 3.11. The minimum Gasteiger partial charge on any atom is -0.368 e. The highest BCUT2D eigenvalue weighted by molar-refractivity contribution is 14.0. The van der Waals surface area contributed by atoms with Gasteiger partial charge in [0.2, 0.25) is 5.91 Å². The van der Waals surface area contributed by atoms with Crippen LogP contribution in [0.15, 0.2) is 29.3 Å². The third kappa shape index (κ3) is 6.19. The standard InChI is InChI=1S/C18H26ClN5O.HI/c1-2-20-18(21-13-17(25)22-15-6-7-15)24-10-8-23(9-11-24)16-5-3-4-14(19)12-16;/h3-5,12,15H,2,6-11,13H2,1H3,(H,20,21)(H,22,25);1H. The van der Waals surface area contributed by atoms with E-state index in [-0.39, 0.29) is 36.4 Å². The highest BCUT2D eigenvalue weighted by Crippen LogP contribution is 2.21. The quantitative estimate of drug-likeness (QED) is 0.377. The van der Waals surface area contributed by atoms with Gasteiger partial charge in [-0.15, -0.1) is 24.0 Å². The normalized spacial score (nSPS) is 17.5. The lowest BCUT2D eigenvalue weighted by atomic mass is 10.2. The predicted molar refractivity (Wildman–Crippen MR) is 118 cm³/mol. The maximum absolute atomic E-state index is 11.9. The molecule has 0 radical (unpaired) electrons. The van der Waals surface area contributed by atoms with E-state index in [2.05, 4.69) is 31.5 Å². The van der Waals surface area contributed by atoms with Crippen LogP contribution in [0.4, 0.5) is 5.69 Å². The molecule has 1 aliphatic carbocycles. The molecule has 1 saturated carbocycles. The first kappa shape index (κ1) is 21.1. The Labute approximate surface area is 177 Å². The van der Waals surface area contributed by atoms with Gasteiger partial charge in [-0.3, -0.25) is 4.79 Å². The number of halogens is 2. The molecule has 2 N–H and O–H groups in total. The summed E-state index contributed by atoms with van der Waals surface area (Å²) in [5, 5.41) is 7.03. The molecule has 0 bridgehead atoms. The SMILES string of the molecule is CCNC(=NCC(=O)NC1CC1)N1CCN(c2cccc(Cl)c2)CC1.I. The molecule has 2 aliphatic rings. The number of carbonyl (C=O) groups is 1. The lowest BCUT2D eigenvalue weighted by Crippen LogP contribution is -2.52. The fraction of sp³-hybridized carbons (Fsp3) is 0.556. The molecule has 0 aromatic heterocycles. The summed E-state index contributed by atoms with van der Waals surface area (Å²) in [4.78, 5) is 20.9. The Morgan fingerprint density at radius 2 is 2.00 bits per heavy atom. The Hall–Kier alpha value is -1.22. The Morgan fingerprint density at radius 3 is 2.62 bits per heavy atom. The summed E-state index contributed by atoms with van der Waals surface area (Å²) >= 11 is 6.09. The monoisotopic (exact) mass is 491 g/mol. The third-order valence-electron chi connectivity index (χ3n) is 4.40. The van der Waals surface area contributed by atoms with E-state index in [1.54, 1.807) is 0 Å². The van der Waals surface area contributed by atoms with E-state index in [1.165, 1.54) is 0 Å². The van der Waals surface area contributed by atoms with Crippen molar-refractivity contribution in [2.24, 2.45) is 4.99 Å². The summed E-state index contributed by atoms with van der Waals surface area (Å²) in [6.45, 7) is 6.55. The second-order valence-electron chi connectivity index (χ2n) is 6.47. The minimum absolute atomic E-state index is 0. The molecular formula is C18H27ClIN5O. The number of guanidine groups is 1. The van der Waals surface area contributed by atoms with Gasteiger partial charge in [-0.05, 0) is 38.0 Å². The fourth-order valence-electron chi connectivity index (χ4n) is 2.92. The number of nitrogens with one attached hydrogen (secondary N) is 2. The van der Waals surface area contributed by atoms with Crippen molar-refractivity contribution in [1.82, 2.24) is 15.5 Å². The zero-order valence-corrected chi connectivity index (χ0v) is 18.2. The summed E-state index contributed by atoms with van der Waals surface area (Å²) in [7, 11) is 0. The number of piperazine rings is 1. The molecule has 1 aromatic rings. The summed E-state index contributed by atoms with van der Waals surface area (Å²) < 4.78 is 0. The number of nitrogens with zero attached hydrogens (tertiary/aromatic N) is 3. The molecule has 6 nitrogen and oxygen atoms in total. The number of carbonyl (C=O) groups excluding carboxylic acids is 1. The van der Waals surface area contributed by atoms with Gasteiger partial charge in [-0.25, -0.2) is 4.99 Å². The van der Waals surface area contributed by atoms with Crippen molar-refractivity contribution in [2.45, 2.75) is 25.8 Å². The Balaban J connectivity index is 0.00000243. The highest BCUT2D eigenvalue weighted by atomic mass is 127. The summed E-state index contributed by atoms with van der Waals surface area (Å²) in [6, 6.07) is 8.34. The number of rotatable bonds is 5. The molecule has 2 fully saturated rings. The van der Waals surface area contributed by atoms with Gasteiger partial charge >= 0.3 is 0 Å². The molecular weight excluding hydrogens is 465 g/mol. The van der Waals surface area contributed by atoms with E-state index in [9.17, 15) is 4.79 Å². The van der Waals surface area contributed by atoms with Crippen molar-refractivity contribution >= 4 is 53.1 Å². The molecule has 144 valence electrons. The first-order valence-corrected chi connectivity index (χ1v) is 9.36.